The number of aryl methyl sites for hydroxylation is 1. The van der Waals surface area contributed by atoms with Crippen LogP contribution in [0.5, 0.6) is 5.75 Å². The van der Waals surface area contributed by atoms with Gasteiger partial charge in [0, 0.05) is 45.0 Å². The molecule has 0 saturated carbocycles. The number of hydrogen-bond acceptors (Lipinski definition) is 5. The normalized spacial score (nSPS) is 17.7. The van der Waals surface area contributed by atoms with Gasteiger partial charge < -0.3 is 4.74 Å². The summed E-state index contributed by atoms with van der Waals surface area (Å²) in [5.41, 5.74) is 1.99. The molecule has 3 heterocycles. The lowest BCUT2D eigenvalue weighted by atomic mass is 10.3. The molecule has 0 aromatic carbocycles. The Balaban J connectivity index is 1.48. The van der Waals surface area contributed by atoms with Crippen LogP contribution >= 0.6 is 0 Å². The Morgan fingerprint density at radius 3 is 2.65 bits per heavy atom. The molecule has 7 nitrogen and oxygen atoms in total. The zero-order valence-corrected chi connectivity index (χ0v) is 14.3. The highest BCUT2D eigenvalue weighted by Gasteiger charge is 2.22. The lowest BCUT2D eigenvalue weighted by molar-refractivity contribution is 0.159. The summed E-state index contributed by atoms with van der Waals surface area (Å²) in [6.45, 7) is 5.95. The second-order valence-electron chi connectivity index (χ2n) is 5.87. The van der Waals surface area contributed by atoms with Gasteiger partial charge in [0.05, 0.1) is 17.5 Å². The van der Waals surface area contributed by atoms with Gasteiger partial charge in [0.1, 0.15) is 12.4 Å². The number of fused-ring (bicyclic) bond motifs is 1. The zero-order valence-electron chi connectivity index (χ0n) is 13.5. The van der Waals surface area contributed by atoms with Gasteiger partial charge in [0.15, 0.2) is 0 Å². The average Bonchev–Trinajstić information content (AvgIpc) is 2.86. The molecule has 0 aliphatic carbocycles. The van der Waals surface area contributed by atoms with Crippen molar-refractivity contribution in [1.82, 2.24) is 18.8 Å². The Hall–Kier alpha value is -1.64. The number of sulfonamides is 1. The summed E-state index contributed by atoms with van der Waals surface area (Å²) in [4.78, 5) is 2.23. The van der Waals surface area contributed by atoms with E-state index < -0.39 is 10.0 Å². The van der Waals surface area contributed by atoms with Gasteiger partial charge in [-0.05, 0) is 19.1 Å². The summed E-state index contributed by atoms with van der Waals surface area (Å²) >= 11 is 0. The first-order valence-electron chi connectivity index (χ1n) is 7.68. The standard InChI is InChI=1S/C15H22N4O3S/c1-13-11-14-12-15(3-4-19(14)16-13)22-10-9-17-5-7-18(8-6-17)23(2,20)21/h3-4,11-12H,5-10H2,1-2H3. The molecule has 0 N–H and O–H groups in total. The molecule has 1 fully saturated rings. The lowest BCUT2D eigenvalue weighted by Gasteiger charge is -2.33. The van der Waals surface area contributed by atoms with Crippen LogP contribution in [0.15, 0.2) is 24.4 Å². The van der Waals surface area contributed by atoms with Crippen molar-refractivity contribution < 1.29 is 13.2 Å². The molecule has 1 aliphatic heterocycles. The first-order chi connectivity index (χ1) is 10.9. The summed E-state index contributed by atoms with van der Waals surface area (Å²) in [5, 5.41) is 4.33. The Morgan fingerprint density at radius 1 is 1.22 bits per heavy atom. The van der Waals surface area contributed by atoms with Crippen LogP contribution in [0.4, 0.5) is 0 Å². The molecule has 2 aromatic rings. The van der Waals surface area contributed by atoms with Gasteiger partial charge in [0.2, 0.25) is 10.0 Å². The van der Waals surface area contributed by atoms with E-state index in [2.05, 4.69) is 10.00 Å². The van der Waals surface area contributed by atoms with Crippen LogP contribution in [0.1, 0.15) is 5.69 Å². The van der Waals surface area contributed by atoms with Crippen molar-refractivity contribution in [3.8, 4) is 5.75 Å². The molecule has 1 saturated heterocycles. The maximum absolute atomic E-state index is 11.5. The quantitative estimate of drug-likeness (QED) is 0.799. The van der Waals surface area contributed by atoms with Crippen molar-refractivity contribution in [1.29, 1.82) is 0 Å². The van der Waals surface area contributed by atoms with E-state index in [4.69, 9.17) is 4.74 Å². The molecular formula is C15H22N4O3S. The van der Waals surface area contributed by atoms with Crippen LogP contribution < -0.4 is 4.74 Å². The van der Waals surface area contributed by atoms with E-state index in [1.165, 1.54) is 10.6 Å². The molecule has 0 radical (unpaired) electrons. The zero-order chi connectivity index (χ0) is 16.4. The first-order valence-corrected chi connectivity index (χ1v) is 9.53. The van der Waals surface area contributed by atoms with Gasteiger partial charge in [-0.1, -0.05) is 0 Å². The summed E-state index contributed by atoms with van der Waals surface area (Å²) in [5.74, 6) is 0.826. The second-order valence-corrected chi connectivity index (χ2v) is 7.85. The van der Waals surface area contributed by atoms with Gasteiger partial charge in [0.25, 0.3) is 0 Å². The predicted octanol–water partition coefficient (Wildman–Crippen LogP) is 0.599. The maximum atomic E-state index is 11.5. The highest BCUT2D eigenvalue weighted by molar-refractivity contribution is 7.88. The summed E-state index contributed by atoms with van der Waals surface area (Å²) in [6, 6.07) is 5.89. The maximum Gasteiger partial charge on any atom is 0.211 e. The molecule has 0 atom stereocenters. The third-order valence-corrected chi connectivity index (χ3v) is 5.34. The molecule has 0 spiro atoms. The highest BCUT2D eigenvalue weighted by Crippen LogP contribution is 2.15. The Morgan fingerprint density at radius 2 is 1.96 bits per heavy atom. The largest absolute Gasteiger partial charge is 0.492 e. The summed E-state index contributed by atoms with van der Waals surface area (Å²) < 4.78 is 32.1. The van der Waals surface area contributed by atoms with E-state index in [-0.39, 0.29) is 0 Å². The molecule has 0 unspecified atom stereocenters. The molecule has 23 heavy (non-hydrogen) atoms. The first kappa shape index (κ1) is 16.2. The topological polar surface area (TPSA) is 67.2 Å². The molecule has 3 rings (SSSR count). The van der Waals surface area contributed by atoms with E-state index in [9.17, 15) is 8.42 Å². The predicted molar refractivity (Wildman–Crippen MR) is 88.3 cm³/mol. The van der Waals surface area contributed by atoms with Crippen LogP contribution in [0.3, 0.4) is 0 Å². The van der Waals surface area contributed by atoms with E-state index in [1.807, 2.05) is 35.8 Å². The molecule has 2 aromatic heterocycles. The van der Waals surface area contributed by atoms with Crippen molar-refractivity contribution in [3.63, 3.8) is 0 Å². The Bertz CT molecular complexity index is 779. The van der Waals surface area contributed by atoms with Gasteiger partial charge in [-0.25, -0.2) is 12.9 Å². The highest BCUT2D eigenvalue weighted by atomic mass is 32.2. The van der Waals surface area contributed by atoms with Gasteiger partial charge in [-0.3, -0.25) is 4.90 Å². The number of pyridine rings is 1. The SMILES string of the molecule is Cc1cc2cc(OCCN3CCN(S(C)(=O)=O)CC3)ccn2n1. The fraction of sp³-hybridized carbons (Fsp3) is 0.533. The van der Waals surface area contributed by atoms with E-state index >= 15 is 0 Å². The van der Waals surface area contributed by atoms with E-state index in [0.29, 0.717) is 19.7 Å². The van der Waals surface area contributed by atoms with E-state index in [1.54, 1.807) is 0 Å². The number of ether oxygens (including phenoxy) is 1. The molecular weight excluding hydrogens is 316 g/mol. The minimum atomic E-state index is -3.06. The third kappa shape index (κ3) is 4.01. The van der Waals surface area contributed by atoms with Crippen LogP contribution in [-0.2, 0) is 10.0 Å². The van der Waals surface area contributed by atoms with Crippen molar-refractivity contribution >= 4 is 15.5 Å². The molecule has 8 heteroatoms. The minimum Gasteiger partial charge on any atom is -0.492 e. The van der Waals surface area contributed by atoms with E-state index in [0.717, 1.165) is 36.6 Å². The van der Waals surface area contributed by atoms with Gasteiger partial charge in [-0.2, -0.15) is 9.40 Å². The fourth-order valence-electron chi connectivity index (χ4n) is 2.77. The van der Waals surface area contributed by atoms with Crippen LogP contribution in [0.25, 0.3) is 5.52 Å². The Kier molecular flexibility index (Phi) is 4.56. The molecule has 1 aliphatic rings. The minimum absolute atomic E-state index is 0.555. The summed E-state index contributed by atoms with van der Waals surface area (Å²) in [7, 11) is -3.06. The van der Waals surface area contributed by atoms with Crippen molar-refractivity contribution in [2.75, 3.05) is 45.6 Å². The van der Waals surface area contributed by atoms with Crippen LogP contribution in [0, 0.1) is 6.92 Å². The van der Waals surface area contributed by atoms with Crippen LogP contribution in [0.2, 0.25) is 0 Å². The van der Waals surface area contributed by atoms with Gasteiger partial charge >= 0.3 is 0 Å². The second kappa shape index (κ2) is 6.46. The van der Waals surface area contributed by atoms with Gasteiger partial charge in [-0.15, -0.1) is 0 Å². The lowest BCUT2D eigenvalue weighted by Crippen LogP contribution is -2.49. The number of aromatic nitrogens is 2. The Labute approximate surface area is 136 Å². The molecule has 0 bridgehead atoms. The van der Waals surface area contributed by atoms with Crippen molar-refractivity contribution in [2.24, 2.45) is 0 Å². The van der Waals surface area contributed by atoms with Crippen LogP contribution in [-0.4, -0.2) is 72.8 Å². The van der Waals surface area contributed by atoms with Crippen molar-refractivity contribution in [3.05, 3.63) is 30.1 Å². The summed E-state index contributed by atoms with van der Waals surface area (Å²) in [6.07, 6.45) is 3.16. The number of rotatable bonds is 5. The number of piperazine rings is 1. The molecule has 126 valence electrons. The monoisotopic (exact) mass is 338 g/mol. The number of nitrogens with zero attached hydrogens (tertiary/aromatic N) is 4. The smallest absolute Gasteiger partial charge is 0.211 e. The van der Waals surface area contributed by atoms with Crippen molar-refractivity contribution in [2.45, 2.75) is 6.92 Å². The number of hydrogen-bond donors (Lipinski definition) is 0. The fourth-order valence-corrected chi connectivity index (χ4v) is 3.60. The molecule has 0 amide bonds. The third-order valence-electron chi connectivity index (χ3n) is 4.03. The average molecular weight is 338 g/mol.